The predicted molar refractivity (Wildman–Crippen MR) is 119 cm³/mol. The topological polar surface area (TPSA) is 124 Å². The summed E-state index contributed by atoms with van der Waals surface area (Å²) in [6, 6.07) is 0. The predicted octanol–water partition coefficient (Wildman–Crippen LogP) is 2.40. The fourth-order valence-electron chi connectivity index (χ4n) is 3.18. The van der Waals surface area contributed by atoms with E-state index in [0.29, 0.717) is 6.61 Å². The maximum absolute atomic E-state index is 11.8. The van der Waals surface area contributed by atoms with E-state index in [1.807, 2.05) is 11.8 Å². The maximum atomic E-state index is 11.8. The van der Waals surface area contributed by atoms with Crippen molar-refractivity contribution in [2.75, 3.05) is 24.7 Å². The van der Waals surface area contributed by atoms with E-state index in [2.05, 4.69) is 6.92 Å². The molecule has 0 spiro atoms. The average molecular weight is 493 g/mol. The van der Waals surface area contributed by atoms with E-state index >= 15 is 0 Å². The van der Waals surface area contributed by atoms with Crippen LogP contribution < -0.4 is 0 Å². The zero-order chi connectivity index (χ0) is 24.8. The number of hydrogen-bond acceptors (Lipinski definition) is 11. The zero-order valence-corrected chi connectivity index (χ0v) is 20.9. The lowest BCUT2D eigenvalue weighted by atomic mass is 9.98. The summed E-state index contributed by atoms with van der Waals surface area (Å²) >= 11 is 1.89. The molecule has 5 atom stereocenters. The maximum Gasteiger partial charge on any atom is 0.303 e. The molecule has 33 heavy (non-hydrogen) atoms. The van der Waals surface area contributed by atoms with Gasteiger partial charge in [-0.15, -0.1) is 0 Å². The Bertz CT molecular complexity index is 641. The van der Waals surface area contributed by atoms with Crippen LogP contribution in [0.3, 0.4) is 0 Å². The summed E-state index contributed by atoms with van der Waals surface area (Å²) in [6.07, 6.45) is -1.65. The van der Waals surface area contributed by atoms with E-state index in [0.717, 1.165) is 24.3 Å². The van der Waals surface area contributed by atoms with E-state index < -0.39 is 54.6 Å². The van der Waals surface area contributed by atoms with Crippen LogP contribution in [0.1, 0.15) is 60.3 Å². The monoisotopic (exact) mass is 492 g/mol. The lowest BCUT2D eigenvalue weighted by molar-refractivity contribution is -0.308. The molecule has 0 aromatic heterocycles. The molecule has 0 aliphatic carbocycles. The number of thioether (sulfide) groups is 1. The number of rotatable bonds is 14. The molecule has 2 unspecified atom stereocenters. The molecule has 0 N–H and O–H groups in total. The fraction of sp³-hybridized carbons (Fsp3) is 0.818. The quantitative estimate of drug-likeness (QED) is 0.202. The molecule has 1 rings (SSSR count). The first-order valence-corrected chi connectivity index (χ1v) is 12.3. The number of hydrogen-bond donors (Lipinski definition) is 0. The van der Waals surface area contributed by atoms with Gasteiger partial charge < -0.3 is 28.4 Å². The Morgan fingerprint density at radius 3 is 1.91 bits per heavy atom. The summed E-state index contributed by atoms with van der Waals surface area (Å²) in [5.74, 6) is -0.439. The first-order chi connectivity index (χ1) is 15.6. The Morgan fingerprint density at radius 1 is 0.758 bits per heavy atom. The van der Waals surface area contributed by atoms with Gasteiger partial charge in [-0.05, 0) is 30.8 Å². The number of carbonyl (C=O) groups is 4. The summed E-state index contributed by atoms with van der Waals surface area (Å²) in [5.41, 5.74) is 0. The van der Waals surface area contributed by atoms with Crippen molar-refractivity contribution in [3.8, 4) is 0 Å². The van der Waals surface area contributed by atoms with Crippen molar-refractivity contribution < 1.29 is 47.6 Å². The van der Waals surface area contributed by atoms with Crippen molar-refractivity contribution in [2.24, 2.45) is 0 Å². The highest BCUT2D eigenvalue weighted by Crippen LogP contribution is 2.30. The molecule has 0 bridgehead atoms. The van der Waals surface area contributed by atoms with Crippen LogP contribution in [0.5, 0.6) is 0 Å². The van der Waals surface area contributed by atoms with Crippen LogP contribution in [0.4, 0.5) is 0 Å². The van der Waals surface area contributed by atoms with E-state index in [9.17, 15) is 19.2 Å². The van der Waals surface area contributed by atoms with E-state index in [4.69, 9.17) is 28.4 Å². The molecule has 1 aliphatic rings. The van der Waals surface area contributed by atoms with E-state index in [1.54, 1.807) is 0 Å². The third kappa shape index (κ3) is 11.7. The lowest BCUT2D eigenvalue weighted by Crippen LogP contribution is -2.63. The van der Waals surface area contributed by atoms with Crippen molar-refractivity contribution in [3.63, 3.8) is 0 Å². The van der Waals surface area contributed by atoms with Gasteiger partial charge in [0.05, 0.1) is 0 Å². The van der Waals surface area contributed by atoms with Crippen molar-refractivity contribution in [1.29, 1.82) is 0 Å². The number of ether oxygens (including phenoxy) is 6. The normalized spacial score (nSPS) is 24.6. The smallest absolute Gasteiger partial charge is 0.303 e. The molecule has 0 aromatic carbocycles. The highest BCUT2D eigenvalue weighted by Gasteiger charge is 2.52. The fourth-order valence-corrected chi connectivity index (χ4v) is 4.28. The largest absolute Gasteiger partial charge is 0.463 e. The van der Waals surface area contributed by atoms with Crippen molar-refractivity contribution >= 4 is 35.6 Å². The van der Waals surface area contributed by atoms with E-state index in [1.165, 1.54) is 40.5 Å². The average Bonchev–Trinajstić information content (AvgIpc) is 2.71. The first-order valence-electron chi connectivity index (χ1n) is 11.2. The first kappa shape index (κ1) is 29.2. The second-order valence-electron chi connectivity index (χ2n) is 7.61. The summed E-state index contributed by atoms with van der Waals surface area (Å²) in [4.78, 5) is 46.6. The van der Waals surface area contributed by atoms with Gasteiger partial charge in [0.2, 0.25) is 0 Å². The molecule has 11 heteroatoms. The summed E-state index contributed by atoms with van der Waals surface area (Å²) < 4.78 is 32.8. The number of unbranched alkanes of at least 4 members (excludes halogenated alkanes) is 2. The Kier molecular flexibility index (Phi) is 14.1. The Hall–Kier alpha value is -1.85. The van der Waals surface area contributed by atoms with Crippen LogP contribution in [0, 0.1) is 0 Å². The van der Waals surface area contributed by atoms with Crippen molar-refractivity contribution in [2.45, 2.75) is 91.0 Å². The third-order valence-electron chi connectivity index (χ3n) is 4.56. The molecule has 10 nitrogen and oxygen atoms in total. The molecular weight excluding hydrogens is 456 g/mol. The SMILES string of the molecule is CCCCSCCCCO[C@@H]1OC(COC(C)=O)[C@@H](OC(C)=O)[C@H](OC(C)=O)C1OC(C)=O. The summed E-state index contributed by atoms with van der Waals surface area (Å²) in [6.45, 7) is 6.96. The van der Waals surface area contributed by atoms with Crippen LogP contribution in [0.25, 0.3) is 0 Å². The second kappa shape index (κ2) is 15.9. The van der Waals surface area contributed by atoms with Gasteiger partial charge in [0, 0.05) is 34.3 Å². The van der Waals surface area contributed by atoms with Gasteiger partial charge in [0.15, 0.2) is 24.6 Å². The highest BCUT2D eigenvalue weighted by atomic mass is 32.2. The van der Waals surface area contributed by atoms with Gasteiger partial charge in [0.1, 0.15) is 12.7 Å². The molecule has 1 aliphatic heterocycles. The molecule has 1 heterocycles. The van der Waals surface area contributed by atoms with Gasteiger partial charge in [-0.2, -0.15) is 11.8 Å². The van der Waals surface area contributed by atoms with Crippen molar-refractivity contribution in [1.82, 2.24) is 0 Å². The van der Waals surface area contributed by atoms with Crippen LogP contribution in [0.15, 0.2) is 0 Å². The minimum atomic E-state index is -1.21. The van der Waals surface area contributed by atoms with Crippen LogP contribution in [-0.4, -0.2) is 79.3 Å². The third-order valence-corrected chi connectivity index (χ3v) is 5.71. The molecular formula is C22H36O10S. The van der Waals surface area contributed by atoms with E-state index in [-0.39, 0.29) is 6.61 Å². The second-order valence-corrected chi connectivity index (χ2v) is 8.84. The molecule has 0 aromatic rings. The standard InChI is InChI=1S/C22H36O10S/c1-6-7-11-33-12-9-8-10-27-22-21(31-17(5)26)20(30-16(4)25)19(29-15(3)24)18(32-22)13-28-14(2)23/h18-22H,6-13H2,1-5H3/t18?,19-,20+,21?,22-/m1/s1. The molecule has 0 amide bonds. The molecule has 190 valence electrons. The lowest BCUT2D eigenvalue weighted by Gasteiger charge is -2.44. The van der Waals surface area contributed by atoms with Crippen LogP contribution >= 0.6 is 11.8 Å². The van der Waals surface area contributed by atoms with Gasteiger partial charge >= 0.3 is 23.9 Å². The van der Waals surface area contributed by atoms with Gasteiger partial charge in [-0.1, -0.05) is 13.3 Å². The van der Waals surface area contributed by atoms with Gasteiger partial charge in [-0.25, -0.2) is 0 Å². The minimum absolute atomic E-state index is 0.272. The highest BCUT2D eigenvalue weighted by molar-refractivity contribution is 7.99. The molecule has 0 saturated carbocycles. The minimum Gasteiger partial charge on any atom is -0.463 e. The Morgan fingerprint density at radius 2 is 1.33 bits per heavy atom. The van der Waals surface area contributed by atoms with Crippen LogP contribution in [-0.2, 0) is 47.6 Å². The van der Waals surface area contributed by atoms with Gasteiger partial charge in [0.25, 0.3) is 0 Å². The zero-order valence-electron chi connectivity index (χ0n) is 20.0. The Balaban J connectivity index is 2.95. The molecule has 1 fully saturated rings. The molecule has 1 saturated heterocycles. The number of carbonyl (C=O) groups excluding carboxylic acids is 4. The Labute approximate surface area is 199 Å². The van der Waals surface area contributed by atoms with Gasteiger partial charge in [-0.3, -0.25) is 19.2 Å². The van der Waals surface area contributed by atoms with Crippen LogP contribution in [0.2, 0.25) is 0 Å². The summed E-state index contributed by atoms with van der Waals surface area (Å²) in [5, 5.41) is 0. The molecule has 0 radical (unpaired) electrons. The number of esters is 4. The summed E-state index contributed by atoms with van der Waals surface area (Å²) in [7, 11) is 0. The van der Waals surface area contributed by atoms with Crippen molar-refractivity contribution in [3.05, 3.63) is 0 Å².